The molecule has 6 nitrogen and oxygen atoms in total. The molecule has 1 saturated heterocycles. The van der Waals surface area contributed by atoms with Gasteiger partial charge in [-0.2, -0.15) is 0 Å². The van der Waals surface area contributed by atoms with Crippen LogP contribution in [-0.4, -0.2) is 47.5 Å². The van der Waals surface area contributed by atoms with Gasteiger partial charge in [-0.1, -0.05) is 0 Å². The molecule has 1 aromatic rings. The highest BCUT2D eigenvalue weighted by Crippen LogP contribution is 2.28. The average Bonchev–Trinajstić information content (AvgIpc) is 2.80. The Hall–Kier alpha value is -1.37. The third kappa shape index (κ3) is 2.27. The minimum absolute atomic E-state index is 0.0430. The highest BCUT2D eigenvalue weighted by molar-refractivity contribution is 9.10. The molecule has 1 unspecified atom stereocenters. The van der Waals surface area contributed by atoms with Gasteiger partial charge in [-0.05, 0) is 28.8 Å². The van der Waals surface area contributed by atoms with Gasteiger partial charge in [-0.15, -0.1) is 0 Å². The van der Waals surface area contributed by atoms with Crippen molar-refractivity contribution in [2.24, 2.45) is 0 Å². The molecule has 1 aliphatic heterocycles. The van der Waals surface area contributed by atoms with Crippen LogP contribution in [0.4, 0.5) is 5.82 Å². The average molecular weight is 315 g/mol. The first-order valence-corrected chi connectivity index (χ1v) is 6.52. The Morgan fingerprint density at radius 3 is 3.00 bits per heavy atom. The van der Waals surface area contributed by atoms with E-state index in [0.717, 1.165) is 19.4 Å². The van der Waals surface area contributed by atoms with Crippen LogP contribution >= 0.6 is 15.9 Å². The maximum atomic E-state index is 12.1. The number of hydrogen-bond acceptors (Lipinski definition) is 4. The van der Waals surface area contributed by atoms with Crippen molar-refractivity contribution in [3.05, 3.63) is 21.2 Å². The smallest absolute Gasteiger partial charge is 0.267 e. The second-order valence-corrected chi connectivity index (χ2v) is 5.25. The Labute approximate surface area is 113 Å². The molecule has 1 aromatic heterocycles. The monoisotopic (exact) mass is 314 g/mol. The van der Waals surface area contributed by atoms with Gasteiger partial charge >= 0.3 is 0 Å². The van der Waals surface area contributed by atoms with Crippen LogP contribution in [0.5, 0.6) is 0 Å². The van der Waals surface area contributed by atoms with Crippen LogP contribution in [0.25, 0.3) is 0 Å². The Balaban J connectivity index is 2.35. The van der Waals surface area contributed by atoms with Crippen LogP contribution in [0.3, 0.4) is 0 Å². The van der Waals surface area contributed by atoms with E-state index in [-0.39, 0.29) is 17.5 Å². The number of anilines is 1. The van der Waals surface area contributed by atoms with Crippen LogP contribution in [0.15, 0.2) is 15.6 Å². The molecule has 1 aliphatic rings. The number of likely N-dealkylation sites (N-methyl/N-ethyl adjacent to an activating group) is 1. The molecule has 0 radical (unpaired) electrons. The summed E-state index contributed by atoms with van der Waals surface area (Å²) < 4.78 is 0.378. The number of hydrogen-bond donors (Lipinski definition) is 1. The van der Waals surface area contributed by atoms with E-state index in [1.54, 1.807) is 19.0 Å². The van der Waals surface area contributed by atoms with Gasteiger partial charge in [0.2, 0.25) is 5.91 Å². The molecule has 1 amide bonds. The number of carbonyl (C=O) groups is 1. The highest BCUT2D eigenvalue weighted by Gasteiger charge is 2.33. The predicted octanol–water partition coefficient (Wildman–Crippen LogP) is 0.589. The third-order valence-electron chi connectivity index (χ3n) is 3.03. The summed E-state index contributed by atoms with van der Waals surface area (Å²) in [5.41, 5.74) is -0.233. The van der Waals surface area contributed by atoms with E-state index >= 15 is 0 Å². The zero-order valence-corrected chi connectivity index (χ0v) is 11.9. The molecule has 18 heavy (non-hydrogen) atoms. The van der Waals surface area contributed by atoms with E-state index in [1.807, 2.05) is 4.90 Å². The molecular weight excluding hydrogens is 300 g/mol. The van der Waals surface area contributed by atoms with E-state index < -0.39 is 0 Å². The van der Waals surface area contributed by atoms with E-state index in [9.17, 15) is 9.59 Å². The first-order valence-electron chi connectivity index (χ1n) is 5.73. The first-order chi connectivity index (χ1) is 8.52. The fourth-order valence-corrected chi connectivity index (χ4v) is 2.59. The second kappa shape index (κ2) is 5.09. The minimum atomic E-state index is -0.233. The lowest BCUT2D eigenvalue weighted by atomic mass is 10.2. The lowest BCUT2D eigenvalue weighted by Gasteiger charge is -2.27. The summed E-state index contributed by atoms with van der Waals surface area (Å²) in [6.07, 6.45) is 3.07. The fraction of sp³-hybridized carbons (Fsp3) is 0.545. The quantitative estimate of drug-likeness (QED) is 0.867. The third-order valence-corrected chi connectivity index (χ3v) is 3.74. The summed E-state index contributed by atoms with van der Waals surface area (Å²) in [5.74, 6) is 0.581. The zero-order chi connectivity index (χ0) is 13.3. The van der Waals surface area contributed by atoms with Crippen molar-refractivity contribution in [2.75, 3.05) is 25.5 Å². The van der Waals surface area contributed by atoms with Crippen LogP contribution in [0.2, 0.25) is 0 Å². The van der Waals surface area contributed by atoms with E-state index in [1.165, 1.54) is 6.33 Å². The molecule has 2 rings (SSSR count). The van der Waals surface area contributed by atoms with Gasteiger partial charge in [-0.3, -0.25) is 9.59 Å². The van der Waals surface area contributed by atoms with Crippen LogP contribution < -0.4 is 10.5 Å². The molecule has 0 saturated carbocycles. The summed E-state index contributed by atoms with van der Waals surface area (Å²) in [5, 5.41) is 0. The molecule has 1 N–H and O–H groups in total. The molecular formula is C11H15BrN4O2. The first kappa shape index (κ1) is 13.1. The predicted molar refractivity (Wildman–Crippen MR) is 71.6 cm³/mol. The number of carbonyl (C=O) groups excluding carboxylic acids is 1. The van der Waals surface area contributed by atoms with Crippen molar-refractivity contribution in [1.82, 2.24) is 14.9 Å². The van der Waals surface area contributed by atoms with E-state index in [0.29, 0.717) is 10.3 Å². The van der Waals surface area contributed by atoms with Crippen molar-refractivity contribution in [3.8, 4) is 0 Å². The normalized spacial score (nSPS) is 19.1. The number of aromatic nitrogens is 2. The van der Waals surface area contributed by atoms with Crippen molar-refractivity contribution in [1.29, 1.82) is 0 Å². The Bertz CT molecular complexity index is 514. The Morgan fingerprint density at radius 1 is 1.61 bits per heavy atom. The van der Waals surface area contributed by atoms with Gasteiger partial charge in [0.05, 0.1) is 6.33 Å². The van der Waals surface area contributed by atoms with Crippen molar-refractivity contribution in [2.45, 2.75) is 18.9 Å². The number of aromatic amines is 1. The van der Waals surface area contributed by atoms with Crippen LogP contribution in [0.1, 0.15) is 12.8 Å². The molecule has 0 bridgehead atoms. The molecule has 0 aliphatic carbocycles. The summed E-state index contributed by atoms with van der Waals surface area (Å²) in [6, 6.07) is -0.231. The number of H-pyrrole nitrogens is 1. The van der Waals surface area contributed by atoms with E-state index in [2.05, 4.69) is 25.9 Å². The molecule has 0 spiro atoms. The maximum absolute atomic E-state index is 12.1. The Kier molecular flexibility index (Phi) is 3.70. The summed E-state index contributed by atoms with van der Waals surface area (Å²) in [7, 11) is 3.47. The van der Waals surface area contributed by atoms with Gasteiger partial charge in [0.15, 0.2) is 5.82 Å². The van der Waals surface area contributed by atoms with Crippen molar-refractivity contribution < 1.29 is 4.79 Å². The summed E-state index contributed by atoms with van der Waals surface area (Å²) in [6.45, 7) is 0.735. The van der Waals surface area contributed by atoms with Gasteiger partial charge in [-0.25, -0.2) is 4.98 Å². The fourth-order valence-electron chi connectivity index (χ4n) is 2.15. The Morgan fingerprint density at radius 2 is 2.33 bits per heavy atom. The SMILES string of the molecule is CN(C)C(=O)C1CCCN1c1nc[nH]c(=O)c1Br. The lowest BCUT2D eigenvalue weighted by molar-refractivity contribution is -0.129. The van der Waals surface area contributed by atoms with Gasteiger partial charge < -0.3 is 14.8 Å². The van der Waals surface area contributed by atoms with Crippen LogP contribution in [0, 0.1) is 0 Å². The highest BCUT2D eigenvalue weighted by atomic mass is 79.9. The molecule has 1 atom stereocenters. The molecule has 1 fully saturated rings. The van der Waals surface area contributed by atoms with Crippen molar-refractivity contribution >= 4 is 27.7 Å². The number of rotatable bonds is 2. The molecule has 0 aromatic carbocycles. The lowest BCUT2D eigenvalue weighted by Crippen LogP contribution is -2.43. The van der Waals surface area contributed by atoms with Gasteiger partial charge in [0.1, 0.15) is 10.5 Å². The maximum Gasteiger partial charge on any atom is 0.267 e. The minimum Gasteiger partial charge on any atom is -0.347 e. The largest absolute Gasteiger partial charge is 0.347 e. The second-order valence-electron chi connectivity index (χ2n) is 4.45. The topological polar surface area (TPSA) is 69.3 Å². The van der Waals surface area contributed by atoms with E-state index in [4.69, 9.17) is 0 Å². The van der Waals surface area contributed by atoms with Crippen LogP contribution in [-0.2, 0) is 4.79 Å². The van der Waals surface area contributed by atoms with Crippen molar-refractivity contribution in [3.63, 3.8) is 0 Å². The molecule has 2 heterocycles. The zero-order valence-electron chi connectivity index (χ0n) is 10.3. The standard InChI is InChI=1S/C11H15BrN4O2/c1-15(2)11(18)7-4-3-5-16(7)9-8(12)10(17)14-6-13-9/h6-7H,3-5H2,1-2H3,(H,13,14,17). The summed E-state index contributed by atoms with van der Waals surface area (Å²) in [4.78, 5) is 33.7. The number of amides is 1. The summed E-state index contributed by atoms with van der Waals surface area (Å²) >= 11 is 3.23. The number of nitrogens with zero attached hydrogens (tertiary/aromatic N) is 3. The number of nitrogens with one attached hydrogen (secondary N) is 1. The molecule has 98 valence electrons. The van der Waals surface area contributed by atoms with Gasteiger partial charge in [0.25, 0.3) is 5.56 Å². The number of halogens is 1. The van der Waals surface area contributed by atoms with Gasteiger partial charge in [0, 0.05) is 20.6 Å². The molecule has 7 heteroatoms.